The lowest BCUT2D eigenvalue weighted by Gasteiger charge is -2.07. The van der Waals surface area contributed by atoms with Gasteiger partial charge in [-0.3, -0.25) is 10.0 Å². The molecular formula is C16H12ClN3O4. The molecule has 1 heterocycles. The third-order valence-corrected chi connectivity index (χ3v) is 3.26. The number of aromatic nitrogens is 2. The summed E-state index contributed by atoms with van der Waals surface area (Å²) in [5.74, 6) is 0.710. The van der Waals surface area contributed by atoms with Crippen molar-refractivity contribution in [2.75, 3.05) is 6.61 Å². The van der Waals surface area contributed by atoms with E-state index in [2.05, 4.69) is 9.97 Å². The summed E-state index contributed by atoms with van der Waals surface area (Å²) in [4.78, 5) is 19.5. The molecule has 0 saturated heterocycles. The molecule has 0 unspecified atom stereocenters. The van der Waals surface area contributed by atoms with Gasteiger partial charge >= 0.3 is 0 Å². The zero-order valence-electron chi connectivity index (χ0n) is 12.3. The molecule has 122 valence electrons. The lowest BCUT2D eigenvalue weighted by molar-refractivity contribution is -0.131. The average Bonchev–Trinajstić information content (AvgIpc) is 2.61. The molecule has 1 amide bonds. The first-order chi connectivity index (χ1) is 11.6. The van der Waals surface area contributed by atoms with Crippen LogP contribution < -0.4 is 15.0 Å². The number of nitrogens with one attached hydrogen (secondary N) is 1. The van der Waals surface area contributed by atoms with Gasteiger partial charge in [0.05, 0.1) is 17.2 Å². The summed E-state index contributed by atoms with van der Waals surface area (Å²) < 4.78 is 10.8. The predicted molar refractivity (Wildman–Crippen MR) is 86.5 cm³/mol. The Kier molecular flexibility index (Phi) is 4.74. The molecule has 3 aromatic rings. The maximum Gasteiger partial charge on any atom is 0.281 e. The maximum atomic E-state index is 10.9. The lowest BCUT2D eigenvalue weighted by Crippen LogP contribution is -2.25. The molecule has 2 aromatic carbocycles. The van der Waals surface area contributed by atoms with Gasteiger partial charge < -0.3 is 9.47 Å². The van der Waals surface area contributed by atoms with Crippen LogP contribution in [0.2, 0.25) is 5.02 Å². The molecule has 0 bridgehead atoms. The molecule has 0 saturated carbocycles. The van der Waals surface area contributed by atoms with Gasteiger partial charge in [0, 0.05) is 5.02 Å². The Morgan fingerprint density at radius 2 is 1.88 bits per heavy atom. The number of amides is 1. The quantitative estimate of drug-likeness (QED) is 0.545. The molecule has 0 spiro atoms. The minimum absolute atomic E-state index is 0.282. The van der Waals surface area contributed by atoms with Crippen molar-refractivity contribution in [1.29, 1.82) is 0 Å². The van der Waals surface area contributed by atoms with Crippen molar-refractivity contribution in [2.45, 2.75) is 0 Å². The first-order valence-electron chi connectivity index (χ1n) is 6.90. The van der Waals surface area contributed by atoms with Crippen molar-refractivity contribution in [1.82, 2.24) is 15.4 Å². The van der Waals surface area contributed by atoms with Crippen LogP contribution in [-0.4, -0.2) is 27.7 Å². The average molecular weight is 346 g/mol. The monoisotopic (exact) mass is 345 g/mol. The van der Waals surface area contributed by atoms with Gasteiger partial charge in [0.25, 0.3) is 5.91 Å². The van der Waals surface area contributed by atoms with E-state index in [1.165, 1.54) is 11.7 Å². The van der Waals surface area contributed by atoms with Crippen LogP contribution in [0.25, 0.3) is 11.0 Å². The van der Waals surface area contributed by atoms with Crippen LogP contribution in [0.15, 0.2) is 48.7 Å². The van der Waals surface area contributed by atoms with Crippen LogP contribution in [0.5, 0.6) is 17.4 Å². The molecule has 0 aliphatic rings. The Morgan fingerprint density at radius 1 is 1.12 bits per heavy atom. The van der Waals surface area contributed by atoms with E-state index in [1.807, 2.05) is 0 Å². The van der Waals surface area contributed by atoms with E-state index in [0.717, 1.165) is 0 Å². The van der Waals surface area contributed by atoms with Crippen molar-refractivity contribution >= 4 is 28.5 Å². The number of rotatable bonds is 5. The zero-order valence-corrected chi connectivity index (χ0v) is 13.0. The van der Waals surface area contributed by atoms with Gasteiger partial charge in [-0.1, -0.05) is 11.6 Å². The second-order valence-corrected chi connectivity index (χ2v) is 5.17. The molecular weight excluding hydrogens is 334 g/mol. The van der Waals surface area contributed by atoms with Gasteiger partial charge in [-0.2, -0.15) is 0 Å². The second kappa shape index (κ2) is 7.12. The van der Waals surface area contributed by atoms with Gasteiger partial charge in [-0.05, 0) is 42.5 Å². The highest BCUT2D eigenvalue weighted by Gasteiger charge is 2.05. The fraction of sp³-hybridized carbons (Fsp3) is 0.0625. The normalized spacial score (nSPS) is 10.4. The summed E-state index contributed by atoms with van der Waals surface area (Å²) in [7, 11) is 0. The van der Waals surface area contributed by atoms with Crippen molar-refractivity contribution in [3.8, 4) is 17.4 Å². The first kappa shape index (κ1) is 16.0. The lowest BCUT2D eigenvalue weighted by atomic mass is 10.3. The molecule has 1 aromatic heterocycles. The third kappa shape index (κ3) is 3.89. The molecule has 24 heavy (non-hydrogen) atoms. The molecule has 0 atom stereocenters. The Hall–Kier alpha value is -2.90. The summed E-state index contributed by atoms with van der Waals surface area (Å²) in [6, 6.07) is 11.8. The minimum Gasteiger partial charge on any atom is -0.484 e. The number of carbonyl (C=O) groups is 1. The summed E-state index contributed by atoms with van der Waals surface area (Å²) in [6.45, 7) is -0.282. The molecule has 0 aliphatic heterocycles. The SMILES string of the molecule is O=C(COc1ccc(Oc2cnc3cc(Cl)ccc3n2)cc1)NO. The smallest absolute Gasteiger partial charge is 0.281 e. The molecule has 7 nitrogen and oxygen atoms in total. The number of fused-ring (bicyclic) bond motifs is 1. The Morgan fingerprint density at radius 3 is 2.62 bits per heavy atom. The summed E-state index contributed by atoms with van der Waals surface area (Å²) in [6.07, 6.45) is 1.51. The van der Waals surface area contributed by atoms with Crippen LogP contribution in [0.4, 0.5) is 0 Å². The van der Waals surface area contributed by atoms with Gasteiger partial charge in [-0.15, -0.1) is 0 Å². The van der Waals surface area contributed by atoms with Crippen LogP contribution in [0.3, 0.4) is 0 Å². The summed E-state index contributed by atoms with van der Waals surface area (Å²) in [5, 5.41) is 8.99. The van der Waals surface area contributed by atoms with E-state index in [4.69, 9.17) is 26.3 Å². The van der Waals surface area contributed by atoms with E-state index < -0.39 is 5.91 Å². The summed E-state index contributed by atoms with van der Waals surface area (Å²) >= 11 is 5.91. The number of hydroxylamine groups is 1. The third-order valence-electron chi connectivity index (χ3n) is 3.02. The van der Waals surface area contributed by atoms with Gasteiger partial charge in [0.2, 0.25) is 5.88 Å². The number of hydrogen-bond acceptors (Lipinski definition) is 6. The second-order valence-electron chi connectivity index (χ2n) is 4.74. The first-order valence-corrected chi connectivity index (χ1v) is 7.28. The highest BCUT2D eigenvalue weighted by molar-refractivity contribution is 6.31. The largest absolute Gasteiger partial charge is 0.484 e. The van der Waals surface area contributed by atoms with Crippen molar-refractivity contribution in [2.24, 2.45) is 0 Å². The predicted octanol–water partition coefficient (Wildman–Crippen LogP) is 2.96. The van der Waals surface area contributed by atoms with Crippen molar-refractivity contribution < 1.29 is 19.5 Å². The van der Waals surface area contributed by atoms with Crippen molar-refractivity contribution in [3.63, 3.8) is 0 Å². The van der Waals surface area contributed by atoms with Gasteiger partial charge in [0.1, 0.15) is 11.5 Å². The molecule has 0 aliphatic carbocycles. The molecule has 8 heteroatoms. The fourth-order valence-electron chi connectivity index (χ4n) is 1.92. The maximum absolute atomic E-state index is 10.9. The highest BCUT2D eigenvalue weighted by atomic mass is 35.5. The molecule has 0 radical (unpaired) electrons. The molecule has 0 fully saturated rings. The van der Waals surface area contributed by atoms with E-state index >= 15 is 0 Å². The van der Waals surface area contributed by atoms with E-state index in [-0.39, 0.29) is 6.61 Å². The number of nitrogens with zero attached hydrogens (tertiary/aromatic N) is 2. The number of halogens is 1. The standard InChI is InChI=1S/C16H12ClN3O4/c17-10-1-6-13-14(7-10)18-8-16(19-13)24-12-4-2-11(3-5-12)23-9-15(21)20-22/h1-8,22H,9H2,(H,20,21). The van der Waals surface area contributed by atoms with Crippen LogP contribution >= 0.6 is 11.6 Å². The number of hydrogen-bond donors (Lipinski definition) is 2. The fourth-order valence-corrected chi connectivity index (χ4v) is 2.09. The van der Waals surface area contributed by atoms with E-state index in [9.17, 15) is 4.79 Å². The van der Waals surface area contributed by atoms with Gasteiger partial charge in [-0.25, -0.2) is 15.4 Å². The number of carbonyl (C=O) groups excluding carboxylic acids is 1. The molecule has 2 N–H and O–H groups in total. The Labute approximate surface area is 141 Å². The van der Waals surface area contributed by atoms with Gasteiger partial charge in [0.15, 0.2) is 6.61 Å². The Balaban J connectivity index is 1.69. The van der Waals surface area contributed by atoms with E-state index in [0.29, 0.717) is 33.4 Å². The van der Waals surface area contributed by atoms with Crippen molar-refractivity contribution in [3.05, 3.63) is 53.7 Å². The number of ether oxygens (including phenoxy) is 2. The number of benzene rings is 2. The van der Waals surface area contributed by atoms with Crippen LogP contribution in [0.1, 0.15) is 0 Å². The highest BCUT2D eigenvalue weighted by Crippen LogP contribution is 2.24. The topological polar surface area (TPSA) is 93.6 Å². The van der Waals surface area contributed by atoms with Crippen LogP contribution in [0, 0.1) is 0 Å². The van der Waals surface area contributed by atoms with E-state index in [1.54, 1.807) is 42.5 Å². The zero-order chi connectivity index (χ0) is 16.9. The van der Waals surface area contributed by atoms with Crippen LogP contribution in [-0.2, 0) is 4.79 Å². The summed E-state index contributed by atoms with van der Waals surface area (Å²) in [5.41, 5.74) is 2.84. The molecule has 3 rings (SSSR count). The minimum atomic E-state index is -0.637. The Bertz CT molecular complexity index is 871.